The van der Waals surface area contributed by atoms with E-state index >= 15 is 0 Å². The average molecular weight is 385 g/mol. The Bertz CT molecular complexity index is 788. The van der Waals surface area contributed by atoms with E-state index in [4.69, 9.17) is 0 Å². The number of carboxylic acids is 2. The molecule has 2 unspecified atom stereocenters. The minimum atomic E-state index is -1.43. The van der Waals surface area contributed by atoms with Crippen LogP contribution in [-0.2, 0) is 15.2 Å². The van der Waals surface area contributed by atoms with Gasteiger partial charge in [-0.15, -0.1) is 0 Å². The third kappa shape index (κ3) is 2.70. The van der Waals surface area contributed by atoms with E-state index < -0.39 is 23.0 Å². The van der Waals surface area contributed by atoms with Crippen molar-refractivity contribution < 1.29 is 24.9 Å². The molecule has 6 nitrogen and oxygen atoms in total. The highest BCUT2D eigenvalue weighted by Gasteiger charge is 2.67. The van der Waals surface area contributed by atoms with E-state index in [0.29, 0.717) is 18.4 Å². The third-order valence-corrected chi connectivity index (χ3v) is 7.25. The molecule has 1 aromatic carbocycles. The molecule has 0 aromatic heterocycles. The zero-order chi connectivity index (χ0) is 19.9. The molecule has 150 valence electrons. The van der Waals surface area contributed by atoms with Crippen molar-refractivity contribution in [1.29, 1.82) is 0 Å². The summed E-state index contributed by atoms with van der Waals surface area (Å²) in [5.41, 5.74) is -2.03. The molecule has 0 spiro atoms. The molecule has 3 aliphatic carbocycles. The number of benzene rings is 1. The first kappa shape index (κ1) is 19.2. The summed E-state index contributed by atoms with van der Waals surface area (Å²) < 4.78 is 0. The number of fused-ring (bicyclic) bond motifs is 3. The average Bonchev–Trinajstić information content (AvgIpc) is 3.21. The van der Waals surface area contributed by atoms with Gasteiger partial charge in [-0.25, -0.2) is 9.59 Å². The fourth-order valence-electron chi connectivity index (χ4n) is 6.18. The molecule has 28 heavy (non-hydrogen) atoms. The van der Waals surface area contributed by atoms with Crippen molar-refractivity contribution in [2.45, 2.75) is 50.2 Å². The molecule has 0 amide bonds. The second-order valence-electron chi connectivity index (χ2n) is 8.44. The molecule has 1 aromatic rings. The van der Waals surface area contributed by atoms with Gasteiger partial charge < -0.3 is 15.3 Å². The standard InChI is InChI=1S/C22H27NO5/c24-18(25)14-17(20(26)27)21-10-8-15(9-11-21)19(23-12-4-5-13-23)22(21,28)16-6-2-1-3-7-16/h1-3,6-7,14-15,19,28H,4-5,8-13H2,(H,24,25)(H,26,27)/b17-14+. The maximum absolute atomic E-state index is 12.4. The second-order valence-corrected chi connectivity index (χ2v) is 8.44. The van der Waals surface area contributed by atoms with E-state index in [1.165, 1.54) is 0 Å². The second kappa shape index (κ2) is 7.01. The third-order valence-electron chi connectivity index (χ3n) is 7.25. The topological polar surface area (TPSA) is 98.1 Å². The van der Waals surface area contributed by atoms with E-state index in [1.54, 1.807) is 0 Å². The van der Waals surface area contributed by atoms with Crippen LogP contribution in [0.2, 0.25) is 0 Å². The highest BCUT2D eigenvalue weighted by atomic mass is 16.4. The zero-order valence-electron chi connectivity index (χ0n) is 15.9. The van der Waals surface area contributed by atoms with Gasteiger partial charge >= 0.3 is 11.9 Å². The van der Waals surface area contributed by atoms with Crippen LogP contribution >= 0.6 is 0 Å². The van der Waals surface area contributed by atoms with E-state index in [9.17, 15) is 24.9 Å². The van der Waals surface area contributed by atoms with Crippen LogP contribution in [0.5, 0.6) is 0 Å². The monoisotopic (exact) mass is 385 g/mol. The van der Waals surface area contributed by atoms with Gasteiger partial charge in [-0.1, -0.05) is 30.3 Å². The van der Waals surface area contributed by atoms with Crippen LogP contribution < -0.4 is 0 Å². The normalized spacial score (nSPS) is 35.8. The van der Waals surface area contributed by atoms with Gasteiger partial charge in [0.2, 0.25) is 0 Å². The predicted molar refractivity (Wildman–Crippen MR) is 103 cm³/mol. The van der Waals surface area contributed by atoms with Crippen LogP contribution in [0.25, 0.3) is 0 Å². The molecule has 1 saturated heterocycles. The van der Waals surface area contributed by atoms with E-state index in [1.807, 2.05) is 30.3 Å². The summed E-state index contributed by atoms with van der Waals surface area (Å²) in [6.45, 7) is 1.77. The summed E-state index contributed by atoms with van der Waals surface area (Å²) in [7, 11) is 0. The molecule has 0 radical (unpaired) electrons. The summed E-state index contributed by atoms with van der Waals surface area (Å²) in [5, 5.41) is 31.7. The van der Waals surface area contributed by atoms with E-state index in [-0.39, 0.29) is 17.5 Å². The first-order valence-electron chi connectivity index (χ1n) is 10.1. The number of nitrogens with zero attached hydrogens (tertiary/aromatic N) is 1. The highest BCUT2D eigenvalue weighted by molar-refractivity contribution is 5.96. The Morgan fingerprint density at radius 1 is 1.04 bits per heavy atom. The van der Waals surface area contributed by atoms with Gasteiger partial charge in [0, 0.05) is 17.5 Å². The summed E-state index contributed by atoms with van der Waals surface area (Å²) in [6, 6.07) is 9.09. The van der Waals surface area contributed by atoms with Crippen molar-refractivity contribution in [1.82, 2.24) is 4.90 Å². The molecular formula is C22H27NO5. The summed E-state index contributed by atoms with van der Waals surface area (Å²) >= 11 is 0. The van der Waals surface area contributed by atoms with Gasteiger partial charge in [0.1, 0.15) is 5.60 Å². The molecule has 1 heterocycles. The minimum absolute atomic E-state index is 0.173. The van der Waals surface area contributed by atoms with Crippen molar-refractivity contribution in [2.24, 2.45) is 11.3 Å². The van der Waals surface area contributed by atoms with Crippen molar-refractivity contribution in [3.8, 4) is 0 Å². The van der Waals surface area contributed by atoms with Gasteiger partial charge in [0.25, 0.3) is 0 Å². The maximum atomic E-state index is 12.4. The molecule has 3 saturated carbocycles. The number of hydrogen-bond donors (Lipinski definition) is 3. The zero-order valence-corrected chi connectivity index (χ0v) is 15.9. The van der Waals surface area contributed by atoms with Crippen molar-refractivity contribution >= 4 is 11.9 Å². The van der Waals surface area contributed by atoms with Crippen LogP contribution in [0.3, 0.4) is 0 Å². The molecule has 2 bridgehead atoms. The Balaban J connectivity index is 1.95. The Morgan fingerprint density at radius 3 is 2.18 bits per heavy atom. The van der Waals surface area contributed by atoms with E-state index in [0.717, 1.165) is 44.8 Å². The number of aliphatic carboxylic acids is 2. The lowest BCUT2D eigenvalue weighted by molar-refractivity contribution is -0.206. The number of likely N-dealkylation sites (tertiary alicyclic amines) is 1. The van der Waals surface area contributed by atoms with Gasteiger partial charge in [0.05, 0.1) is 5.57 Å². The van der Waals surface area contributed by atoms with Gasteiger partial charge in [0.15, 0.2) is 0 Å². The summed E-state index contributed by atoms with van der Waals surface area (Å²) in [5.74, 6) is -2.25. The van der Waals surface area contributed by atoms with Crippen molar-refractivity contribution in [2.75, 3.05) is 13.1 Å². The van der Waals surface area contributed by atoms with Crippen LogP contribution in [0, 0.1) is 11.3 Å². The van der Waals surface area contributed by atoms with Crippen molar-refractivity contribution in [3.63, 3.8) is 0 Å². The van der Waals surface area contributed by atoms with Crippen LogP contribution in [-0.4, -0.2) is 51.3 Å². The number of rotatable bonds is 5. The van der Waals surface area contributed by atoms with Crippen molar-refractivity contribution in [3.05, 3.63) is 47.5 Å². The lowest BCUT2D eigenvalue weighted by Gasteiger charge is -2.63. The fraction of sp³-hybridized carbons (Fsp3) is 0.545. The summed E-state index contributed by atoms with van der Waals surface area (Å²) in [6.07, 6.45) is 5.53. The number of carbonyl (C=O) groups is 2. The quantitative estimate of drug-likeness (QED) is 0.674. The Labute approximate surface area is 164 Å². The number of hydrogen-bond acceptors (Lipinski definition) is 4. The highest BCUT2D eigenvalue weighted by Crippen LogP contribution is 2.64. The first-order valence-corrected chi connectivity index (χ1v) is 10.1. The molecular weight excluding hydrogens is 358 g/mol. The number of aliphatic hydroxyl groups is 1. The lowest BCUT2D eigenvalue weighted by atomic mass is 9.46. The van der Waals surface area contributed by atoms with E-state index in [2.05, 4.69) is 4.90 Å². The molecule has 4 fully saturated rings. The Kier molecular flexibility index (Phi) is 4.79. The molecule has 3 N–H and O–H groups in total. The van der Waals surface area contributed by atoms with Crippen LogP contribution in [0.4, 0.5) is 0 Å². The minimum Gasteiger partial charge on any atom is -0.478 e. The van der Waals surface area contributed by atoms with Gasteiger partial charge in [-0.3, -0.25) is 4.90 Å². The molecule has 6 heteroatoms. The molecule has 1 aliphatic heterocycles. The smallest absolute Gasteiger partial charge is 0.332 e. The number of carboxylic acid groups (broad SMARTS) is 2. The van der Waals surface area contributed by atoms with Gasteiger partial charge in [-0.05, 0) is 63.1 Å². The molecule has 2 atom stereocenters. The SMILES string of the molecule is O=C(O)/C=C(\C(=O)O)C12CCC(CC1)C(N1CCCC1)C2(O)c1ccccc1. The first-order chi connectivity index (χ1) is 13.4. The largest absolute Gasteiger partial charge is 0.478 e. The van der Waals surface area contributed by atoms with Crippen LogP contribution in [0.15, 0.2) is 42.0 Å². The molecule has 4 aliphatic rings. The lowest BCUT2D eigenvalue weighted by Crippen LogP contribution is -2.68. The summed E-state index contributed by atoms with van der Waals surface area (Å²) in [4.78, 5) is 26.0. The Hall–Kier alpha value is -2.18. The van der Waals surface area contributed by atoms with Crippen LogP contribution in [0.1, 0.15) is 44.1 Å². The maximum Gasteiger partial charge on any atom is 0.332 e. The fourth-order valence-corrected chi connectivity index (χ4v) is 6.18. The Morgan fingerprint density at radius 2 is 1.64 bits per heavy atom. The predicted octanol–water partition coefficient (Wildman–Crippen LogP) is 2.62. The molecule has 5 rings (SSSR count). The van der Waals surface area contributed by atoms with Gasteiger partial charge in [-0.2, -0.15) is 0 Å².